The van der Waals surface area contributed by atoms with Gasteiger partial charge in [0.2, 0.25) is 0 Å². The molecule has 0 spiro atoms. The number of carbonyl (C=O) groups is 1. The number of amides is 2. The molecule has 5 heteroatoms. The van der Waals surface area contributed by atoms with E-state index < -0.39 is 0 Å². The van der Waals surface area contributed by atoms with E-state index in [2.05, 4.69) is 17.3 Å². The molecule has 0 aliphatic carbocycles. The van der Waals surface area contributed by atoms with Gasteiger partial charge in [0.25, 0.3) is 0 Å². The number of likely N-dealkylation sites (N-methyl/N-ethyl adjacent to an activating group) is 1. The summed E-state index contributed by atoms with van der Waals surface area (Å²) in [6.07, 6.45) is 0.885. The minimum Gasteiger partial charge on any atom is -0.334 e. The van der Waals surface area contributed by atoms with Gasteiger partial charge in [-0.25, -0.2) is 4.79 Å². The van der Waals surface area contributed by atoms with E-state index in [1.807, 2.05) is 11.8 Å². The van der Waals surface area contributed by atoms with Crippen molar-refractivity contribution in [1.29, 1.82) is 0 Å². The molecule has 0 aromatic rings. The maximum absolute atomic E-state index is 11.8. The van der Waals surface area contributed by atoms with Crippen LogP contribution in [-0.2, 0) is 0 Å². The monoisotopic (exact) mass is 214 g/mol. The molecule has 2 amide bonds. The van der Waals surface area contributed by atoms with Crippen molar-refractivity contribution in [2.45, 2.75) is 19.4 Å². The van der Waals surface area contributed by atoms with Gasteiger partial charge in [-0.15, -0.1) is 0 Å². The summed E-state index contributed by atoms with van der Waals surface area (Å²) in [5.41, 5.74) is 5.54. The molecular formula is C10H22N4O. The third-order valence-corrected chi connectivity index (χ3v) is 2.90. The van der Waals surface area contributed by atoms with Crippen LogP contribution in [0.15, 0.2) is 0 Å². The van der Waals surface area contributed by atoms with Crippen LogP contribution in [0, 0.1) is 0 Å². The van der Waals surface area contributed by atoms with Gasteiger partial charge in [0.1, 0.15) is 0 Å². The summed E-state index contributed by atoms with van der Waals surface area (Å²) in [6.45, 7) is 6.06. The van der Waals surface area contributed by atoms with Crippen LogP contribution in [-0.4, -0.2) is 61.6 Å². The Balaban J connectivity index is 2.33. The molecule has 0 bridgehead atoms. The fraction of sp³-hybridized carbons (Fsp3) is 0.900. The third-order valence-electron chi connectivity index (χ3n) is 2.90. The molecule has 1 saturated heterocycles. The zero-order valence-corrected chi connectivity index (χ0v) is 9.70. The Hall–Kier alpha value is -0.810. The van der Waals surface area contributed by atoms with Crippen molar-refractivity contribution in [3.8, 4) is 0 Å². The minimum atomic E-state index is 0.0281. The second-order valence-corrected chi connectivity index (χ2v) is 4.08. The molecule has 0 aromatic carbocycles. The maximum atomic E-state index is 11.8. The normalized spacial score (nSPS) is 20.1. The van der Waals surface area contributed by atoms with E-state index in [1.54, 1.807) is 0 Å². The highest BCUT2D eigenvalue weighted by molar-refractivity contribution is 5.74. The summed E-state index contributed by atoms with van der Waals surface area (Å²) in [6, 6.07) is 0.137. The van der Waals surface area contributed by atoms with Crippen molar-refractivity contribution in [3.05, 3.63) is 0 Å². The summed E-state index contributed by atoms with van der Waals surface area (Å²) in [7, 11) is 2.07. The Morgan fingerprint density at radius 3 is 2.47 bits per heavy atom. The Morgan fingerprint density at radius 1 is 1.40 bits per heavy atom. The molecule has 5 nitrogen and oxygen atoms in total. The number of hydrogen-bond acceptors (Lipinski definition) is 3. The van der Waals surface area contributed by atoms with E-state index in [0.717, 1.165) is 32.6 Å². The first-order valence-corrected chi connectivity index (χ1v) is 5.61. The number of hydrogen-bond donors (Lipinski definition) is 2. The number of urea groups is 1. The van der Waals surface area contributed by atoms with Gasteiger partial charge in [-0.3, -0.25) is 0 Å². The Morgan fingerprint density at radius 2 is 2.00 bits per heavy atom. The van der Waals surface area contributed by atoms with E-state index >= 15 is 0 Å². The van der Waals surface area contributed by atoms with Gasteiger partial charge in [-0.2, -0.15) is 0 Å². The van der Waals surface area contributed by atoms with Crippen LogP contribution in [0.4, 0.5) is 4.79 Å². The van der Waals surface area contributed by atoms with E-state index in [9.17, 15) is 4.79 Å². The maximum Gasteiger partial charge on any atom is 0.317 e. The van der Waals surface area contributed by atoms with Crippen molar-refractivity contribution in [2.24, 2.45) is 5.73 Å². The van der Waals surface area contributed by atoms with Crippen LogP contribution in [0.1, 0.15) is 13.3 Å². The predicted molar refractivity (Wildman–Crippen MR) is 60.7 cm³/mol. The predicted octanol–water partition coefficient (Wildman–Crippen LogP) is -0.319. The van der Waals surface area contributed by atoms with Gasteiger partial charge in [-0.05, 0) is 13.5 Å². The van der Waals surface area contributed by atoms with Crippen molar-refractivity contribution >= 4 is 6.03 Å². The average molecular weight is 214 g/mol. The second-order valence-electron chi connectivity index (χ2n) is 4.08. The summed E-state index contributed by atoms with van der Waals surface area (Å²) < 4.78 is 0. The third kappa shape index (κ3) is 3.68. The molecule has 1 rings (SSSR count). The molecule has 1 fully saturated rings. The SMILES string of the molecule is CCC(CN)NC(=O)N1CCN(C)CC1. The van der Waals surface area contributed by atoms with Crippen molar-refractivity contribution < 1.29 is 4.79 Å². The number of nitrogens with zero attached hydrogens (tertiary/aromatic N) is 2. The molecule has 0 radical (unpaired) electrons. The number of rotatable bonds is 3. The highest BCUT2D eigenvalue weighted by Crippen LogP contribution is 2.00. The Labute approximate surface area is 91.6 Å². The largest absolute Gasteiger partial charge is 0.334 e. The number of nitrogens with one attached hydrogen (secondary N) is 1. The Kier molecular flexibility index (Phi) is 4.84. The van der Waals surface area contributed by atoms with Gasteiger partial charge in [-0.1, -0.05) is 6.92 Å². The summed E-state index contributed by atoms with van der Waals surface area (Å²) >= 11 is 0. The van der Waals surface area contributed by atoms with Crippen LogP contribution in [0.2, 0.25) is 0 Å². The van der Waals surface area contributed by atoms with Gasteiger partial charge in [0.15, 0.2) is 0 Å². The molecular weight excluding hydrogens is 192 g/mol. The van der Waals surface area contributed by atoms with Crippen LogP contribution < -0.4 is 11.1 Å². The lowest BCUT2D eigenvalue weighted by molar-refractivity contribution is 0.151. The highest BCUT2D eigenvalue weighted by atomic mass is 16.2. The zero-order chi connectivity index (χ0) is 11.3. The van der Waals surface area contributed by atoms with E-state index in [-0.39, 0.29) is 12.1 Å². The first-order chi connectivity index (χ1) is 7.17. The minimum absolute atomic E-state index is 0.0281. The van der Waals surface area contributed by atoms with Crippen LogP contribution in [0.5, 0.6) is 0 Å². The van der Waals surface area contributed by atoms with E-state index in [1.165, 1.54) is 0 Å². The smallest absolute Gasteiger partial charge is 0.317 e. The van der Waals surface area contributed by atoms with Crippen LogP contribution in [0.25, 0.3) is 0 Å². The fourth-order valence-corrected chi connectivity index (χ4v) is 1.60. The first-order valence-electron chi connectivity index (χ1n) is 5.61. The van der Waals surface area contributed by atoms with Gasteiger partial charge in [0.05, 0.1) is 0 Å². The zero-order valence-electron chi connectivity index (χ0n) is 9.70. The molecule has 0 saturated carbocycles. The highest BCUT2D eigenvalue weighted by Gasteiger charge is 2.20. The molecule has 3 N–H and O–H groups in total. The first kappa shape index (κ1) is 12.3. The van der Waals surface area contributed by atoms with Gasteiger partial charge >= 0.3 is 6.03 Å². The Bertz CT molecular complexity index is 198. The van der Waals surface area contributed by atoms with Crippen molar-refractivity contribution in [3.63, 3.8) is 0 Å². The average Bonchev–Trinajstić information content (AvgIpc) is 2.26. The van der Waals surface area contributed by atoms with E-state index in [4.69, 9.17) is 5.73 Å². The number of piperazine rings is 1. The van der Waals surface area contributed by atoms with Crippen LogP contribution in [0.3, 0.4) is 0 Å². The standard InChI is InChI=1S/C10H22N4O/c1-3-9(8-11)12-10(15)14-6-4-13(2)5-7-14/h9H,3-8,11H2,1-2H3,(H,12,15). The molecule has 88 valence electrons. The van der Waals surface area contributed by atoms with Gasteiger partial charge < -0.3 is 20.9 Å². The molecule has 1 aliphatic heterocycles. The topological polar surface area (TPSA) is 61.6 Å². The summed E-state index contributed by atoms with van der Waals surface area (Å²) in [5, 5.41) is 2.94. The van der Waals surface area contributed by atoms with E-state index in [0.29, 0.717) is 6.54 Å². The van der Waals surface area contributed by atoms with Gasteiger partial charge in [0, 0.05) is 38.8 Å². The quantitative estimate of drug-likeness (QED) is 0.677. The summed E-state index contributed by atoms with van der Waals surface area (Å²) in [4.78, 5) is 15.9. The molecule has 1 atom stereocenters. The molecule has 1 heterocycles. The second kappa shape index (κ2) is 5.92. The lowest BCUT2D eigenvalue weighted by Crippen LogP contribution is -2.53. The molecule has 1 aliphatic rings. The summed E-state index contributed by atoms with van der Waals surface area (Å²) in [5.74, 6) is 0. The lowest BCUT2D eigenvalue weighted by Gasteiger charge is -2.33. The molecule has 0 aromatic heterocycles. The number of nitrogens with two attached hydrogens (primary N) is 1. The van der Waals surface area contributed by atoms with Crippen molar-refractivity contribution in [2.75, 3.05) is 39.8 Å². The number of carbonyl (C=O) groups excluding carboxylic acids is 1. The molecule has 15 heavy (non-hydrogen) atoms. The van der Waals surface area contributed by atoms with Crippen molar-refractivity contribution in [1.82, 2.24) is 15.1 Å². The fourth-order valence-electron chi connectivity index (χ4n) is 1.60. The lowest BCUT2D eigenvalue weighted by atomic mass is 10.2. The van der Waals surface area contributed by atoms with Crippen LogP contribution >= 0.6 is 0 Å². The molecule has 1 unspecified atom stereocenters.